The molecule has 1 atom stereocenters. The maximum Gasteiger partial charge on any atom is 0.253 e. The van der Waals surface area contributed by atoms with Crippen molar-refractivity contribution in [3.8, 4) is 0 Å². The van der Waals surface area contributed by atoms with Crippen LogP contribution in [0.2, 0.25) is 0 Å². The number of benzene rings is 1. The molecule has 0 unspecified atom stereocenters. The number of piperidine rings is 1. The number of nitrogens with zero attached hydrogens (tertiary/aromatic N) is 3. The minimum Gasteiger partial charge on any atom is -0.338 e. The molecule has 5 heteroatoms. The van der Waals surface area contributed by atoms with E-state index in [1.807, 2.05) is 17.3 Å². The molecule has 0 bridgehead atoms. The van der Waals surface area contributed by atoms with Crippen molar-refractivity contribution in [1.82, 2.24) is 14.5 Å². The van der Waals surface area contributed by atoms with Crippen LogP contribution in [0.1, 0.15) is 72.1 Å². The van der Waals surface area contributed by atoms with E-state index in [2.05, 4.69) is 23.4 Å². The van der Waals surface area contributed by atoms with Crippen molar-refractivity contribution in [2.45, 2.75) is 45.6 Å². The summed E-state index contributed by atoms with van der Waals surface area (Å²) < 4.78 is 2.19. The van der Waals surface area contributed by atoms with Crippen LogP contribution < -0.4 is 0 Å². The predicted molar refractivity (Wildman–Crippen MR) is 96.9 cm³/mol. The van der Waals surface area contributed by atoms with E-state index in [-0.39, 0.29) is 17.6 Å². The van der Waals surface area contributed by atoms with Gasteiger partial charge in [0, 0.05) is 48.6 Å². The molecule has 1 fully saturated rings. The monoisotopic (exact) mass is 339 g/mol. The molecule has 2 heterocycles. The van der Waals surface area contributed by atoms with Crippen molar-refractivity contribution in [3.05, 3.63) is 53.6 Å². The Morgan fingerprint density at radius 3 is 2.48 bits per heavy atom. The van der Waals surface area contributed by atoms with E-state index in [0.29, 0.717) is 23.7 Å². The third-order valence-corrected chi connectivity index (χ3v) is 4.87. The summed E-state index contributed by atoms with van der Waals surface area (Å²) in [5.41, 5.74) is 1.27. The molecule has 0 aliphatic carbocycles. The van der Waals surface area contributed by atoms with Crippen LogP contribution in [-0.4, -0.2) is 39.2 Å². The van der Waals surface area contributed by atoms with Gasteiger partial charge < -0.3 is 9.47 Å². The molecule has 1 aliphatic rings. The lowest BCUT2D eigenvalue weighted by Crippen LogP contribution is -2.39. The zero-order chi connectivity index (χ0) is 18.0. The van der Waals surface area contributed by atoms with Gasteiger partial charge in [-0.2, -0.15) is 0 Å². The summed E-state index contributed by atoms with van der Waals surface area (Å²) in [6.07, 6.45) is 5.89. The number of hydrogen-bond donors (Lipinski definition) is 0. The number of aromatic nitrogens is 2. The number of carbonyl (C=O) groups is 2. The van der Waals surface area contributed by atoms with E-state index >= 15 is 0 Å². The van der Waals surface area contributed by atoms with Gasteiger partial charge >= 0.3 is 0 Å². The predicted octanol–water partition coefficient (Wildman–Crippen LogP) is 3.69. The van der Waals surface area contributed by atoms with Gasteiger partial charge in [-0.3, -0.25) is 9.59 Å². The van der Waals surface area contributed by atoms with Crippen molar-refractivity contribution in [2.75, 3.05) is 13.1 Å². The van der Waals surface area contributed by atoms with Crippen LogP contribution in [0.4, 0.5) is 0 Å². The highest BCUT2D eigenvalue weighted by Gasteiger charge is 2.28. The van der Waals surface area contributed by atoms with Gasteiger partial charge in [-0.15, -0.1) is 0 Å². The van der Waals surface area contributed by atoms with E-state index in [1.54, 1.807) is 24.3 Å². The second-order valence-corrected chi connectivity index (χ2v) is 7.01. The van der Waals surface area contributed by atoms with E-state index in [4.69, 9.17) is 0 Å². The zero-order valence-corrected chi connectivity index (χ0v) is 15.1. The van der Waals surface area contributed by atoms with Crippen LogP contribution in [0.25, 0.3) is 0 Å². The molecule has 0 radical (unpaired) electrons. The topological polar surface area (TPSA) is 55.2 Å². The molecule has 0 spiro atoms. The Morgan fingerprint density at radius 1 is 1.16 bits per heavy atom. The smallest absolute Gasteiger partial charge is 0.253 e. The normalized spacial score (nSPS) is 17.8. The van der Waals surface area contributed by atoms with Gasteiger partial charge in [0.15, 0.2) is 5.78 Å². The number of Topliss-reactive ketones (excluding diaryl/α,β-unsaturated/α-hetero) is 1. The Labute approximate surface area is 148 Å². The minimum absolute atomic E-state index is 0.0116. The average molecular weight is 339 g/mol. The SMILES string of the molecule is CC(=O)c1ccc(C(=O)N2CCC[C@@H](c3nccn3C(C)C)C2)cc1. The number of rotatable bonds is 4. The fraction of sp³-hybridized carbons (Fsp3) is 0.450. The van der Waals surface area contributed by atoms with Gasteiger partial charge in [-0.05, 0) is 45.7 Å². The largest absolute Gasteiger partial charge is 0.338 e. The van der Waals surface area contributed by atoms with Gasteiger partial charge in [0.05, 0.1) is 0 Å². The Morgan fingerprint density at radius 2 is 1.84 bits per heavy atom. The summed E-state index contributed by atoms with van der Waals surface area (Å²) in [4.78, 5) is 30.7. The number of hydrogen-bond acceptors (Lipinski definition) is 3. The van der Waals surface area contributed by atoms with Gasteiger partial charge in [-0.1, -0.05) is 12.1 Å². The van der Waals surface area contributed by atoms with E-state index in [1.165, 1.54) is 6.92 Å². The van der Waals surface area contributed by atoms with Crippen molar-refractivity contribution in [2.24, 2.45) is 0 Å². The summed E-state index contributed by atoms with van der Waals surface area (Å²) in [7, 11) is 0. The number of amides is 1. The second kappa shape index (κ2) is 7.21. The molecule has 0 N–H and O–H groups in total. The van der Waals surface area contributed by atoms with Crippen molar-refractivity contribution in [3.63, 3.8) is 0 Å². The first-order valence-corrected chi connectivity index (χ1v) is 8.90. The zero-order valence-electron chi connectivity index (χ0n) is 15.1. The Balaban J connectivity index is 1.75. The molecule has 1 aromatic carbocycles. The first-order chi connectivity index (χ1) is 12.0. The summed E-state index contributed by atoms with van der Waals surface area (Å²) >= 11 is 0. The third-order valence-electron chi connectivity index (χ3n) is 4.87. The highest BCUT2D eigenvalue weighted by atomic mass is 16.2. The molecule has 1 aliphatic heterocycles. The van der Waals surface area contributed by atoms with Gasteiger partial charge in [0.1, 0.15) is 5.82 Å². The van der Waals surface area contributed by atoms with Crippen LogP contribution in [-0.2, 0) is 0 Å². The maximum atomic E-state index is 12.8. The Hall–Kier alpha value is -2.43. The molecule has 132 valence electrons. The molecule has 3 rings (SSSR count). The lowest BCUT2D eigenvalue weighted by Gasteiger charge is -2.33. The Kier molecular flexibility index (Phi) is 5.02. The van der Waals surface area contributed by atoms with Crippen molar-refractivity contribution < 1.29 is 9.59 Å². The summed E-state index contributed by atoms with van der Waals surface area (Å²) in [5.74, 6) is 1.38. The fourth-order valence-electron chi connectivity index (χ4n) is 3.48. The molecule has 1 saturated heterocycles. The van der Waals surface area contributed by atoms with Crippen LogP contribution >= 0.6 is 0 Å². The first kappa shape index (κ1) is 17.4. The highest BCUT2D eigenvalue weighted by Crippen LogP contribution is 2.28. The molecule has 25 heavy (non-hydrogen) atoms. The molecular formula is C20H25N3O2. The number of likely N-dealkylation sites (tertiary alicyclic amines) is 1. The van der Waals surface area contributed by atoms with Gasteiger partial charge in [-0.25, -0.2) is 4.98 Å². The summed E-state index contributed by atoms with van der Waals surface area (Å²) in [5, 5.41) is 0. The maximum absolute atomic E-state index is 12.8. The van der Waals surface area contributed by atoms with E-state index in [9.17, 15) is 9.59 Å². The first-order valence-electron chi connectivity index (χ1n) is 8.90. The van der Waals surface area contributed by atoms with Crippen LogP contribution in [0.15, 0.2) is 36.7 Å². The van der Waals surface area contributed by atoms with Crippen LogP contribution in [0.5, 0.6) is 0 Å². The number of imidazole rings is 1. The lowest BCUT2D eigenvalue weighted by molar-refractivity contribution is 0.0702. The van der Waals surface area contributed by atoms with Gasteiger partial charge in [0.25, 0.3) is 5.91 Å². The van der Waals surface area contributed by atoms with Crippen LogP contribution in [0, 0.1) is 0 Å². The number of ketones is 1. The number of carbonyl (C=O) groups excluding carboxylic acids is 2. The van der Waals surface area contributed by atoms with Crippen molar-refractivity contribution >= 4 is 11.7 Å². The average Bonchev–Trinajstić information content (AvgIpc) is 3.11. The standard InChI is InChI=1S/C20H25N3O2/c1-14(2)23-12-10-21-19(23)18-5-4-11-22(13-18)20(25)17-8-6-16(7-9-17)15(3)24/h6-10,12,14,18H,4-5,11,13H2,1-3H3/t18-/m1/s1. The van der Waals surface area contributed by atoms with Crippen molar-refractivity contribution in [1.29, 1.82) is 0 Å². The molecule has 2 aromatic rings. The summed E-state index contributed by atoms with van der Waals surface area (Å²) in [6, 6.07) is 7.31. The molecule has 1 amide bonds. The van der Waals surface area contributed by atoms with Crippen LogP contribution in [0.3, 0.4) is 0 Å². The lowest BCUT2D eigenvalue weighted by atomic mass is 9.96. The molecule has 0 saturated carbocycles. The quantitative estimate of drug-likeness (QED) is 0.798. The van der Waals surface area contributed by atoms with Gasteiger partial charge in [0.2, 0.25) is 0 Å². The molecular weight excluding hydrogens is 314 g/mol. The van der Waals surface area contributed by atoms with E-state index in [0.717, 1.165) is 25.2 Å². The molecule has 1 aromatic heterocycles. The second-order valence-electron chi connectivity index (χ2n) is 7.01. The molecule has 5 nitrogen and oxygen atoms in total. The van der Waals surface area contributed by atoms with E-state index < -0.39 is 0 Å². The fourth-order valence-corrected chi connectivity index (χ4v) is 3.48. The Bertz CT molecular complexity index is 762. The highest BCUT2D eigenvalue weighted by molar-refractivity contribution is 5.97. The third kappa shape index (κ3) is 3.65. The minimum atomic E-state index is 0.0116. The summed E-state index contributed by atoms with van der Waals surface area (Å²) in [6.45, 7) is 7.28.